The molecule has 1 aliphatic rings. The number of hydrogen-bond donors (Lipinski definition) is 1. The fourth-order valence-electron chi connectivity index (χ4n) is 3.46. The van der Waals surface area contributed by atoms with E-state index >= 15 is 0 Å². The third-order valence-corrected chi connectivity index (χ3v) is 4.84. The maximum atomic E-state index is 12.8. The Kier molecular flexibility index (Phi) is 5.26. The summed E-state index contributed by atoms with van der Waals surface area (Å²) in [6.45, 7) is 4.17. The maximum Gasteiger partial charge on any atom is 0.295 e. The van der Waals surface area contributed by atoms with Gasteiger partial charge < -0.3 is 10.0 Å². The van der Waals surface area contributed by atoms with E-state index in [1.807, 2.05) is 38.1 Å². The van der Waals surface area contributed by atoms with Crippen molar-refractivity contribution in [2.24, 2.45) is 0 Å². The Balaban J connectivity index is 2.18. The van der Waals surface area contributed by atoms with Gasteiger partial charge in [-0.1, -0.05) is 31.2 Å². The van der Waals surface area contributed by atoms with Crippen molar-refractivity contribution in [3.05, 3.63) is 80.9 Å². The minimum Gasteiger partial charge on any atom is -0.507 e. The molecule has 1 heterocycles. The van der Waals surface area contributed by atoms with Crippen molar-refractivity contribution in [1.29, 1.82) is 0 Å². The Bertz CT molecular complexity index is 979. The molecule has 1 aliphatic heterocycles. The molecule has 0 radical (unpaired) electrons. The zero-order chi connectivity index (χ0) is 20.4. The molecule has 0 bridgehead atoms. The largest absolute Gasteiger partial charge is 0.507 e. The van der Waals surface area contributed by atoms with E-state index in [9.17, 15) is 24.8 Å². The maximum absolute atomic E-state index is 12.8. The summed E-state index contributed by atoms with van der Waals surface area (Å²) in [5.41, 5.74) is 1.78. The second-order valence-electron chi connectivity index (χ2n) is 6.65. The van der Waals surface area contributed by atoms with E-state index < -0.39 is 22.7 Å². The van der Waals surface area contributed by atoms with Crippen LogP contribution >= 0.6 is 0 Å². The van der Waals surface area contributed by atoms with Gasteiger partial charge in [-0.2, -0.15) is 0 Å². The van der Waals surface area contributed by atoms with Crippen molar-refractivity contribution in [2.45, 2.75) is 26.3 Å². The van der Waals surface area contributed by atoms with Crippen LogP contribution in [0.5, 0.6) is 0 Å². The molecule has 1 unspecified atom stereocenters. The van der Waals surface area contributed by atoms with Crippen molar-refractivity contribution in [3.8, 4) is 0 Å². The highest BCUT2D eigenvalue weighted by molar-refractivity contribution is 6.46. The lowest BCUT2D eigenvalue weighted by molar-refractivity contribution is -0.384. The van der Waals surface area contributed by atoms with Crippen LogP contribution in [-0.2, 0) is 9.59 Å². The first-order chi connectivity index (χ1) is 13.4. The smallest absolute Gasteiger partial charge is 0.295 e. The molecule has 1 atom stereocenters. The lowest BCUT2D eigenvalue weighted by atomic mass is 9.92. The monoisotopic (exact) mass is 380 g/mol. The molecule has 0 aliphatic carbocycles. The van der Waals surface area contributed by atoms with E-state index in [-0.39, 0.29) is 22.6 Å². The summed E-state index contributed by atoms with van der Waals surface area (Å²) in [7, 11) is 0. The van der Waals surface area contributed by atoms with Crippen LogP contribution in [0.15, 0.2) is 54.1 Å². The molecule has 3 rings (SSSR count). The first kappa shape index (κ1) is 19.3. The summed E-state index contributed by atoms with van der Waals surface area (Å²) in [5.74, 6) is -1.74. The second-order valence-corrected chi connectivity index (χ2v) is 6.65. The first-order valence-electron chi connectivity index (χ1n) is 8.95. The predicted octanol–water partition coefficient (Wildman–Crippen LogP) is 3.73. The molecule has 7 heteroatoms. The average molecular weight is 380 g/mol. The van der Waals surface area contributed by atoms with Crippen LogP contribution in [0.1, 0.15) is 36.1 Å². The van der Waals surface area contributed by atoms with E-state index in [4.69, 9.17) is 0 Å². The van der Waals surface area contributed by atoms with Gasteiger partial charge in [0, 0.05) is 24.2 Å². The summed E-state index contributed by atoms with van der Waals surface area (Å²) >= 11 is 0. The molecule has 7 nitrogen and oxygen atoms in total. The summed E-state index contributed by atoms with van der Waals surface area (Å²) in [6, 6.07) is 11.9. The quantitative estimate of drug-likeness (QED) is 0.280. The van der Waals surface area contributed by atoms with Crippen LogP contribution in [0.4, 0.5) is 5.69 Å². The number of nitrogens with zero attached hydrogens (tertiary/aromatic N) is 2. The van der Waals surface area contributed by atoms with E-state index in [1.165, 1.54) is 29.2 Å². The van der Waals surface area contributed by atoms with Gasteiger partial charge in [-0.05, 0) is 36.6 Å². The van der Waals surface area contributed by atoms with E-state index in [1.54, 1.807) is 0 Å². The Morgan fingerprint density at radius 3 is 2.36 bits per heavy atom. The van der Waals surface area contributed by atoms with E-state index in [0.29, 0.717) is 13.0 Å². The van der Waals surface area contributed by atoms with Crippen LogP contribution in [-0.4, -0.2) is 33.2 Å². The number of aryl methyl sites for hydroxylation is 1. The van der Waals surface area contributed by atoms with Crippen LogP contribution < -0.4 is 0 Å². The number of ketones is 1. The average Bonchev–Trinajstić information content (AvgIpc) is 2.93. The van der Waals surface area contributed by atoms with E-state index in [0.717, 1.165) is 11.1 Å². The fraction of sp³-hybridized carbons (Fsp3) is 0.238. The predicted molar refractivity (Wildman–Crippen MR) is 104 cm³/mol. The molecular formula is C21H20N2O5. The number of aliphatic hydroxyl groups is 1. The molecule has 0 aromatic heterocycles. The Hall–Kier alpha value is -3.48. The molecule has 144 valence electrons. The number of hydrogen-bond acceptors (Lipinski definition) is 5. The molecule has 0 saturated carbocycles. The highest BCUT2D eigenvalue weighted by Gasteiger charge is 2.46. The Labute approximate surface area is 162 Å². The number of non-ortho nitro benzene ring substituents is 1. The number of Topliss-reactive ketones (excluding diaryl/α,β-unsaturated/α-hetero) is 1. The van der Waals surface area contributed by atoms with Gasteiger partial charge in [0.2, 0.25) is 0 Å². The number of carbonyl (C=O) groups excluding carboxylic acids is 2. The van der Waals surface area contributed by atoms with Crippen molar-refractivity contribution >= 4 is 23.1 Å². The molecule has 1 fully saturated rings. The van der Waals surface area contributed by atoms with Gasteiger partial charge in [-0.25, -0.2) is 0 Å². The molecule has 0 spiro atoms. The van der Waals surface area contributed by atoms with Gasteiger partial charge in [0.1, 0.15) is 5.76 Å². The SMILES string of the molecule is CCCN1C(=O)C(=O)/C(=C(/O)c2ccc([N+](=O)[O-])cc2)C1c1ccccc1C. The van der Waals surface area contributed by atoms with Crippen molar-refractivity contribution in [3.63, 3.8) is 0 Å². The highest BCUT2D eigenvalue weighted by atomic mass is 16.6. The van der Waals surface area contributed by atoms with Gasteiger partial charge in [-0.3, -0.25) is 19.7 Å². The van der Waals surface area contributed by atoms with Crippen molar-refractivity contribution < 1.29 is 19.6 Å². The molecule has 2 aromatic rings. The number of nitro benzene ring substituents is 1. The number of nitro groups is 1. The van der Waals surface area contributed by atoms with Gasteiger partial charge in [0.15, 0.2) is 0 Å². The number of aliphatic hydroxyl groups excluding tert-OH is 1. The zero-order valence-corrected chi connectivity index (χ0v) is 15.6. The lowest BCUT2D eigenvalue weighted by Crippen LogP contribution is -2.30. The highest BCUT2D eigenvalue weighted by Crippen LogP contribution is 2.40. The van der Waals surface area contributed by atoms with Crippen LogP contribution in [0.25, 0.3) is 5.76 Å². The van der Waals surface area contributed by atoms with Gasteiger partial charge >= 0.3 is 0 Å². The Morgan fingerprint density at radius 1 is 1.14 bits per heavy atom. The summed E-state index contributed by atoms with van der Waals surface area (Å²) < 4.78 is 0. The molecular weight excluding hydrogens is 360 g/mol. The van der Waals surface area contributed by atoms with Gasteiger partial charge in [0.25, 0.3) is 17.4 Å². The lowest BCUT2D eigenvalue weighted by Gasteiger charge is -2.26. The third-order valence-electron chi connectivity index (χ3n) is 4.84. The summed E-state index contributed by atoms with van der Waals surface area (Å²) in [6.07, 6.45) is 0.660. The standard InChI is InChI=1S/C21H20N2O5/c1-3-12-22-18(16-7-5-4-6-13(16)2)17(20(25)21(22)26)19(24)14-8-10-15(11-9-14)23(27)28/h4-11,18,24H,3,12H2,1-2H3/b19-17+. The Morgan fingerprint density at radius 2 is 1.79 bits per heavy atom. The molecule has 1 amide bonds. The van der Waals surface area contributed by atoms with Crippen molar-refractivity contribution in [1.82, 2.24) is 4.90 Å². The molecule has 28 heavy (non-hydrogen) atoms. The number of likely N-dealkylation sites (tertiary alicyclic amines) is 1. The number of amides is 1. The number of benzene rings is 2. The van der Waals surface area contributed by atoms with Crippen LogP contribution in [0.3, 0.4) is 0 Å². The number of carbonyl (C=O) groups is 2. The second kappa shape index (κ2) is 7.64. The molecule has 1 N–H and O–H groups in total. The summed E-state index contributed by atoms with van der Waals surface area (Å²) in [5, 5.41) is 21.7. The topological polar surface area (TPSA) is 101 Å². The van der Waals surface area contributed by atoms with Crippen LogP contribution in [0, 0.1) is 17.0 Å². The van der Waals surface area contributed by atoms with Crippen molar-refractivity contribution in [2.75, 3.05) is 6.54 Å². The number of rotatable bonds is 5. The molecule has 2 aromatic carbocycles. The minimum absolute atomic E-state index is 0.00148. The van der Waals surface area contributed by atoms with E-state index in [2.05, 4.69) is 0 Å². The first-order valence-corrected chi connectivity index (χ1v) is 8.95. The van der Waals surface area contributed by atoms with Crippen LogP contribution in [0.2, 0.25) is 0 Å². The normalized spacial score (nSPS) is 18.5. The van der Waals surface area contributed by atoms with Gasteiger partial charge in [-0.15, -0.1) is 0 Å². The molecule has 1 saturated heterocycles. The zero-order valence-electron chi connectivity index (χ0n) is 15.6. The summed E-state index contributed by atoms with van der Waals surface area (Å²) in [4.78, 5) is 37.2. The minimum atomic E-state index is -0.752. The fourth-order valence-corrected chi connectivity index (χ4v) is 3.46. The third kappa shape index (κ3) is 3.26. The van der Waals surface area contributed by atoms with Gasteiger partial charge in [0.05, 0.1) is 16.5 Å².